The third kappa shape index (κ3) is 5.49. The molecule has 0 aliphatic heterocycles. The predicted molar refractivity (Wildman–Crippen MR) is 107 cm³/mol. The van der Waals surface area contributed by atoms with Crippen LogP contribution in [-0.2, 0) is 6.54 Å². The third-order valence-electron chi connectivity index (χ3n) is 4.17. The smallest absolute Gasteiger partial charge is 0.194 e. The Morgan fingerprint density at radius 2 is 1.88 bits per heavy atom. The van der Waals surface area contributed by atoms with Gasteiger partial charge in [0.05, 0.1) is 19.8 Å². The number of rotatable bonds is 7. The average Bonchev–Trinajstić information content (AvgIpc) is 2.65. The van der Waals surface area contributed by atoms with Crippen LogP contribution < -0.4 is 10.1 Å². The third-order valence-corrected chi connectivity index (χ3v) is 4.17. The molecule has 0 heterocycles. The summed E-state index contributed by atoms with van der Waals surface area (Å²) in [5.41, 5.74) is 3.14. The number of nitrogens with zero attached hydrogens (tertiary/aromatic N) is 2. The maximum absolute atomic E-state index is 10.4. The second kappa shape index (κ2) is 9.82. The van der Waals surface area contributed by atoms with Crippen LogP contribution in [0.5, 0.6) is 5.75 Å². The Hall–Kier alpha value is -2.53. The molecule has 0 spiro atoms. The molecule has 0 radical (unpaired) electrons. The summed E-state index contributed by atoms with van der Waals surface area (Å²) in [5, 5.41) is 13.7. The van der Waals surface area contributed by atoms with E-state index in [1.54, 1.807) is 7.11 Å². The molecule has 0 bridgehead atoms. The molecule has 0 fully saturated rings. The molecule has 1 unspecified atom stereocenters. The Kier molecular flexibility index (Phi) is 7.48. The summed E-state index contributed by atoms with van der Waals surface area (Å²) in [6.07, 6.45) is -0.621. The first kappa shape index (κ1) is 19.8. The molecule has 2 rings (SSSR count). The number of aliphatic hydroxyl groups excluding tert-OH is 1. The van der Waals surface area contributed by atoms with Crippen LogP contribution in [0.3, 0.4) is 0 Å². The number of guanidine groups is 1. The standard InChI is InChI=1S/C21H29N3O2/c1-5-22-21(23-14-19(25)17-12-10-16(2)11-13-17)24(3)15-18-8-6-7-9-20(18)26-4/h6-13,19,25H,5,14-15H2,1-4H3,(H,22,23). The van der Waals surface area contributed by atoms with Crippen molar-refractivity contribution in [3.05, 3.63) is 65.2 Å². The Bertz CT molecular complexity index is 713. The van der Waals surface area contributed by atoms with Crippen molar-refractivity contribution in [3.8, 4) is 5.75 Å². The van der Waals surface area contributed by atoms with Crippen molar-refractivity contribution in [1.29, 1.82) is 0 Å². The van der Waals surface area contributed by atoms with Crippen molar-refractivity contribution in [2.45, 2.75) is 26.5 Å². The minimum atomic E-state index is -0.621. The summed E-state index contributed by atoms with van der Waals surface area (Å²) in [6.45, 7) is 5.79. The van der Waals surface area contributed by atoms with Gasteiger partial charge in [0, 0.05) is 25.7 Å². The SMILES string of the molecule is CCNC(=NCC(O)c1ccc(C)cc1)N(C)Cc1ccccc1OC. The second-order valence-electron chi connectivity index (χ2n) is 6.29. The van der Waals surface area contributed by atoms with E-state index in [0.29, 0.717) is 13.1 Å². The van der Waals surface area contributed by atoms with Gasteiger partial charge in [0.15, 0.2) is 5.96 Å². The van der Waals surface area contributed by atoms with Crippen molar-refractivity contribution in [2.75, 3.05) is 27.2 Å². The van der Waals surface area contributed by atoms with E-state index in [0.717, 1.165) is 29.4 Å². The van der Waals surface area contributed by atoms with Crippen molar-refractivity contribution < 1.29 is 9.84 Å². The minimum Gasteiger partial charge on any atom is -0.496 e. The number of benzene rings is 2. The number of nitrogens with one attached hydrogen (secondary N) is 1. The van der Waals surface area contributed by atoms with Crippen LogP contribution in [0.15, 0.2) is 53.5 Å². The van der Waals surface area contributed by atoms with Gasteiger partial charge in [-0.2, -0.15) is 0 Å². The zero-order chi connectivity index (χ0) is 18.9. The van der Waals surface area contributed by atoms with Gasteiger partial charge in [0.25, 0.3) is 0 Å². The highest BCUT2D eigenvalue weighted by Crippen LogP contribution is 2.19. The van der Waals surface area contributed by atoms with Gasteiger partial charge in [-0.25, -0.2) is 0 Å². The van der Waals surface area contributed by atoms with Gasteiger partial charge in [-0.1, -0.05) is 48.0 Å². The van der Waals surface area contributed by atoms with Gasteiger partial charge < -0.3 is 20.1 Å². The zero-order valence-electron chi connectivity index (χ0n) is 16.1. The van der Waals surface area contributed by atoms with E-state index in [-0.39, 0.29) is 0 Å². The lowest BCUT2D eigenvalue weighted by Crippen LogP contribution is -2.38. The van der Waals surface area contributed by atoms with Crippen LogP contribution in [-0.4, -0.2) is 43.2 Å². The van der Waals surface area contributed by atoms with E-state index in [2.05, 4.69) is 10.3 Å². The lowest BCUT2D eigenvalue weighted by atomic mass is 10.1. The zero-order valence-corrected chi connectivity index (χ0v) is 16.1. The Morgan fingerprint density at radius 1 is 1.19 bits per heavy atom. The summed E-state index contributed by atoms with van der Waals surface area (Å²) in [4.78, 5) is 6.64. The molecule has 0 saturated carbocycles. The summed E-state index contributed by atoms with van der Waals surface area (Å²) in [5.74, 6) is 1.61. The Balaban J connectivity index is 2.08. The Labute approximate surface area is 156 Å². The molecule has 1 atom stereocenters. The number of hydrogen-bond donors (Lipinski definition) is 2. The predicted octanol–water partition coefficient (Wildman–Crippen LogP) is 3.13. The number of ether oxygens (including phenoxy) is 1. The molecule has 140 valence electrons. The van der Waals surface area contributed by atoms with Crippen molar-refractivity contribution >= 4 is 5.96 Å². The van der Waals surface area contributed by atoms with Gasteiger partial charge in [-0.15, -0.1) is 0 Å². The molecule has 0 aliphatic rings. The fourth-order valence-electron chi connectivity index (χ4n) is 2.70. The normalized spacial score (nSPS) is 12.6. The highest BCUT2D eigenvalue weighted by atomic mass is 16.5. The molecular weight excluding hydrogens is 326 g/mol. The van der Waals surface area contributed by atoms with Crippen molar-refractivity contribution in [3.63, 3.8) is 0 Å². The van der Waals surface area contributed by atoms with Crippen LogP contribution in [0, 0.1) is 6.92 Å². The first-order valence-corrected chi connectivity index (χ1v) is 8.91. The van der Waals surface area contributed by atoms with Gasteiger partial charge >= 0.3 is 0 Å². The molecule has 0 aliphatic carbocycles. The summed E-state index contributed by atoms with van der Waals surface area (Å²) >= 11 is 0. The van der Waals surface area contributed by atoms with E-state index >= 15 is 0 Å². The van der Waals surface area contributed by atoms with Gasteiger partial charge in [0.2, 0.25) is 0 Å². The first-order valence-electron chi connectivity index (χ1n) is 8.91. The van der Waals surface area contributed by atoms with Crippen LogP contribution in [0.25, 0.3) is 0 Å². The van der Waals surface area contributed by atoms with Crippen LogP contribution in [0.2, 0.25) is 0 Å². The van der Waals surface area contributed by atoms with E-state index in [1.807, 2.05) is 74.3 Å². The van der Waals surface area contributed by atoms with Crippen LogP contribution >= 0.6 is 0 Å². The largest absolute Gasteiger partial charge is 0.496 e. The number of aryl methyl sites for hydroxylation is 1. The minimum absolute atomic E-state index is 0.307. The summed E-state index contributed by atoms with van der Waals surface area (Å²) in [6, 6.07) is 15.8. The van der Waals surface area contributed by atoms with Gasteiger partial charge in [-0.3, -0.25) is 4.99 Å². The second-order valence-corrected chi connectivity index (χ2v) is 6.29. The highest BCUT2D eigenvalue weighted by molar-refractivity contribution is 5.79. The lowest BCUT2D eigenvalue weighted by molar-refractivity contribution is 0.186. The van der Waals surface area contributed by atoms with Gasteiger partial charge in [0.1, 0.15) is 5.75 Å². The van der Waals surface area contributed by atoms with E-state index in [4.69, 9.17) is 4.74 Å². The quantitative estimate of drug-likeness (QED) is 0.592. The van der Waals surface area contributed by atoms with Crippen molar-refractivity contribution in [1.82, 2.24) is 10.2 Å². The summed E-state index contributed by atoms with van der Waals surface area (Å²) in [7, 11) is 3.66. The maximum atomic E-state index is 10.4. The molecule has 2 aromatic rings. The molecule has 5 heteroatoms. The van der Waals surface area contributed by atoms with Crippen LogP contribution in [0.4, 0.5) is 0 Å². The maximum Gasteiger partial charge on any atom is 0.194 e. The van der Waals surface area contributed by atoms with E-state index < -0.39 is 6.10 Å². The van der Waals surface area contributed by atoms with Crippen LogP contribution in [0.1, 0.15) is 29.7 Å². The monoisotopic (exact) mass is 355 g/mol. The fourth-order valence-corrected chi connectivity index (χ4v) is 2.70. The highest BCUT2D eigenvalue weighted by Gasteiger charge is 2.12. The molecule has 0 amide bonds. The fraction of sp³-hybridized carbons (Fsp3) is 0.381. The van der Waals surface area contributed by atoms with Gasteiger partial charge in [-0.05, 0) is 25.5 Å². The molecular formula is C21H29N3O2. The first-order chi connectivity index (χ1) is 12.5. The van der Waals surface area contributed by atoms with E-state index in [9.17, 15) is 5.11 Å². The molecule has 0 aromatic heterocycles. The molecule has 5 nitrogen and oxygen atoms in total. The molecule has 2 N–H and O–H groups in total. The number of methoxy groups -OCH3 is 1. The summed E-state index contributed by atoms with van der Waals surface area (Å²) < 4.78 is 5.42. The van der Waals surface area contributed by atoms with Crippen molar-refractivity contribution in [2.24, 2.45) is 4.99 Å². The molecule has 0 saturated heterocycles. The number of aliphatic hydroxyl groups is 1. The Morgan fingerprint density at radius 3 is 2.54 bits per heavy atom. The molecule has 2 aromatic carbocycles. The lowest BCUT2D eigenvalue weighted by Gasteiger charge is -2.23. The number of para-hydroxylation sites is 1. The average molecular weight is 355 g/mol. The van der Waals surface area contributed by atoms with E-state index in [1.165, 1.54) is 5.56 Å². The number of hydrogen-bond acceptors (Lipinski definition) is 3. The number of aliphatic imine (C=N–C) groups is 1. The molecule has 26 heavy (non-hydrogen) atoms. The topological polar surface area (TPSA) is 57.1 Å².